The van der Waals surface area contributed by atoms with Gasteiger partial charge in [-0.15, -0.1) is 0 Å². The lowest BCUT2D eigenvalue weighted by Gasteiger charge is -2.41. The van der Waals surface area contributed by atoms with Crippen molar-refractivity contribution in [2.24, 2.45) is 5.41 Å². The van der Waals surface area contributed by atoms with Gasteiger partial charge in [-0.1, -0.05) is 57.2 Å². The van der Waals surface area contributed by atoms with Crippen molar-refractivity contribution in [3.05, 3.63) is 88.9 Å². The second kappa shape index (κ2) is 10.6. The molecule has 2 aromatic carbocycles. The molecule has 0 aliphatic carbocycles. The number of rotatable bonds is 7. The van der Waals surface area contributed by atoms with E-state index in [1.807, 2.05) is 69.9 Å². The topological polar surface area (TPSA) is 63.0 Å². The van der Waals surface area contributed by atoms with Gasteiger partial charge in [-0.2, -0.15) is 0 Å². The molecule has 0 saturated carbocycles. The number of benzene rings is 2. The molecule has 3 aromatic rings. The van der Waals surface area contributed by atoms with E-state index in [4.69, 9.17) is 9.15 Å². The molecule has 2 amide bonds. The Hall–Kier alpha value is -3.54. The lowest BCUT2D eigenvalue weighted by atomic mass is 9.85. The Balaban J connectivity index is 1.58. The number of amides is 2. The predicted molar refractivity (Wildman–Crippen MR) is 140 cm³/mol. The van der Waals surface area contributed by atoms with Crippen molar-refractivity contribution < 1.29 is 18.7 Å². The summed E-state index contributed by atoms with van der Waals surface area (Å²) in [6, 6.07) is 19.6. The molecule has 1 aliphatic heterocycles. The van der Waals surface area contributed by atoms with Gasteiger partial charge in [-0.3, -0.25) is 9.59 Å². The van der Waals surface area contributed by atoms with Gasteiger partial charge < -0.3 is 19.0 Å². The van der Waals surface area contributed by atoms with Crippen molar-refractivity contribution in [2.75, 3.05) is 19.6 Å². The fraction of sp³-hybridized carbons (Fsp3) is 0.400. The second-order valence-corrected chi connectivity index (χ2v) is 10.2. The van der Waals surface area contributed by atoms with E-state index in [0.717, 1.165) is 17.5 Å². The molecule has 2 heterocycles. The number of hydrogen-bond acceptors (Lipinski definition) is 4. The highest BCUT2D eigenvalue weighted by molar-refractivity contribution is 5.91. The summed E-state index contributed by atoms with van der Waals surface area (Å²) in [5.41, 5.74) is 2.91. The van der Waals surface area contributed by atoms with Gasteiger partial charge in [-0.05, 0) is 61.2 Å². The Kier molecular flexibility index (Phi) is 7.53. The third kappa shape index (κ3) is 5.32. The monoisotopic (exact) mass is 488 g/mol. The van der Waals surface area contributed by atoms with E-state index in [1.165, 1.54) is 5.56 Å². The zero-order chi connectivity index (χ0) is 25.9. The van der Waals surface area contributed by atoms with Gasteiger partial charge in [0.2, 0.25) is 5.91 Å². The molecule has 36 heavy (non-hydrogen) atoms. The largest absolute Gasteiger partial charge is 0.486 e. The van der Waals surface area contributed by atoms with Crippen molar-refractivity contribution in [2.45, 2.75) is 53.7 Å². The molecule has 6 heteroatoms. The van der Waals surface area contributed by atoms with Crippen LogP contribution < -0.4 is 4.74 Å². The molecule has 1 aromatic heterocycles. The average molecular weight is 489 g/mol. The Labute approximate surface area is 213 Å². The maximum atomic E-state index is 13.4. The summed E-state index contributed by atoms with van der Waals surface area (Å²) in [5, 5.41) is 0. The first-order valence-electron chi connectivity index (χ1n) is 12.7. The summed E-state index contributed by atoms with van der Waals surface area (Å²) in [7, 11) is 0. The van der Waals surface area contributed by atoms with E-state index in [9.17, 15) is 9.59 Å². The van der Waals surface area contributed by atoms with E-state index in [2.05, 4.69) is 18.2 Å². The van der Waals surface area contributed by atoms with Crippen LogP contribution in [0.5, 0.6) is 5.75 Å². The highest BCUT2D eigenvalue weighted by atomic mass is 16.5. The number of carbonyl (C=O) groups is 2. The number of hydrogen-bond donors (Lipinski definition) is 0. The van der Waals surface area contributed by atoms with Gasteiger partial charge in [0, 0.05) is 25.0 Å². The standard InChI is InChI=1S/C30H36N2O4/c1-6-31(7-2)28(33)26-16-15-24(36-26)20-35-23-14-13-21-17-18-32(29(34)30(3,4)5)27(25(21)19-23)22-11-9-8-10-12-22/h8-16,19,27H,6-7,17-18,20H2,1-5H3/t27-/m0/s1. The van der Waals surface area contributed by atoms with Crippen LogP contribution in [0, 0.1) is 5.41 Å². The molecule has 0 saturated heterocycles. The maximum Gasteiger partial charge on any atom is 0.289 e. The SMILES string of the molecule is CCN(CC)C(=O)c1ccc(COc2ccc3c(c2)[C@H](c2ccccc2)N(C(=O)C(C)(C)C)CC3)o1. The van der Waals surface area contributed by atoms with E-state index in [1.54, 1.807) is 17.0 Å². The molecule has 6 nitrogen and oxygen atoms in total. The molecule has 0 N–H and O–H groups in total. The van der Waals surface area contributed by atoms with Crippen molar-refractivity contribution in [3.8, 4) is 5.75 Å². The Bertz CT molecular complexity index is 1210. The van der Waals surface area contributed by atoms with E-state index >= 15 is 0 Å². The zero-order valence-corrected chi connectivity index (χ0v) is 21.9. The van der Waals surface area contributed by atoms with Crippen molar-refractivity contribution >= 4 is 11.8 Å². The van der Waals surface area contributed by atoms with Crippen LogP contribution in [0.3, 0.4) is 0 Å². The first-order valence-corrected chi connectivity index (χ1v) is 12.7. The second-order valence-electron chi connectivity index (χ2n) is 10.2. The van der Waals surface area contributed by atoms with Gasteiger partial charge >= 0.3 is 0 Å². The molecule has 0 bridgehead atoms. The van der Waals surface area contributed by atoms with Gasteiger partial charge in [0.1, 0.15) is 18.1 Å². The quantitative estimate of drug-likeness (QED) is 0.418. The zero-order valence-electron chi connectivity index (χ0n) is 21.9. The van der Waals surface area contributed by atoms with E-state index < -0.39 is 5.41 Å². The van der Waals surface area contributed by atoms with E-state index in [0.29, 0.717) is 36.9 Å². The summed E-state index contributed by atoms with van der Waals surface area (Å²) < 4.78 is 11.9. The van der Waals surface area contributed by atoms with Crippen LogP contribution in [0.2, 0.25) is 0 Å². The van der Waals surface area contributed by atoms with Crippen LogP contribution in [0.4, 0.5) is 0 Å². The minimum atomic E-state index is -0.474. The molecule has 4 rings (SSSR count). The molecule has 1 atom stereocenters. The van der Waals surface area contributed by atoms with Gasteiger partial charge in [0.05, 0.1) is 6.04 Å². The Morgan fingerprint density at radius 1 is 1.03 bits per heavy atom. The first kappa shape index (κ1) is 25.5. The minimum absolute atomic E-state index is 0.116. The highest BCUT2D eigenvalue weighted by Gasteiger charge is 2.37. The highest BCUT2D eigenvalue weighted by Crippen LogP contribution is 2.39. The van der Waals surface area contributed by atoms with Crippen molar-refractivity contribution in [3.63, 3.8) is 0 Å². The number of nitrogens with zero attached hydrogens (tertiary/aromatic N) is 2. The molecular weight excluding hydrogens is 452 g/mol. The fourth-order valence-electron chi connectivity index (χ4n) is 4.72. The Morgan fingerprint density at radius 3 is 2.42 bits per heavy atom. The van der Waals surface area contributed by atoms with Crippen molar-refractivity contribution in [1.29, 1.82) is 0 Å². The lowest BCUT2D eigenvalue weighted by molar-refractivity contribution is -0.141. The molecule has 1 aliphatic rings. The van der Waals surface area contributed by atoms with Crippen LogP contribution in [-0.4, -0.2) is 41.2 Å². The van der Waals surface area contributed by atoms with Crippen LogP contribution in [-0.2, 0) is 17.8 Å². The summed E-state index contributed by atoms with van der Waals surface area (Å²) >= 11 is 0. The van der Waals surface area contributed by atoms with E-state index in [-0.39, 0.29) is 24.5 Å². The van der Waals surface area contributed by atoms with Crippen LogP contribution >= 0.6 is 0 Å². The molecule has 0 radical (unpaired) electrons. The lowest BCUT2D eigenvalue weighted by Crippen LogP contribution is -2.45. The van der Waals surface area contributed by atoms with Crippen LogP contribution in [0.15, 0.2) is 65.1 Å². The van der Waals surface area contributed by atoms with Gasteiger partial charge in [0.15, 0.2) is 5.76 Å². The molecular formula is C30H36N2O4. The van der Waals surface area contributed by atoms with Crippen LogP contribution in [0.1, 0.15) is 73.7 Å². The van der Waals surface area contributed by atoms with Gasteiger partial charge in [0.25, 0.3) is 5.91 Å². The van der Waals surface area contributed by atoms with Crippen molar-refractivity contribution in [1.82, 2.24) is 9.80 Å². The smallest absolute Gasteiger partial charge is 0.289 e. The summed E-state index contributed by atoms with van der Waals surface area (Å²) in [4.78, 5) is 29.7. The summed E-state index contributed by atoms with van der Waals surface area (Å²) in [6.45, 7) is 12.0. The summed E-state index contributed by atoms with van der Waals surface area (Å²) in [5.74, 6) is 1.63. The minimum Gasteiger partial charge on any atom is -0.486 e. The third-order valence-electron chi connectivity index (χ3n) is 6.67. The molecule has 190 valence electrons. The Morgan fingerprint density at radius 2 is 1.75 bits per heavy atom. The molecule has 0 fully saturated rings. The molecule has 0 unspecified atom stereocenters. The maximum absolute atomic E-state index is 13.4. The number of ether oxygens (including phenoxy) is 1. The normalized spacial score (nSPS) is 15.4. The van der Waals surface area contributed by atoms with Gasteiger partial charge in [-0.25, -0.2) is 0 Å². The molecule has 0 spiro atoms. The van der Waals surface area contributed by atoms with Crippen LogP contribution in [0.25, 0.3) is 0 Å². The summed E-state index contributed by atoms with van der Waals surface area (Å²) in [6.07, 6.45) is 0.801. The third-order valence-corrected chi connectivity index (χ3v) is 6.67. The average Bonchev–Trinajstić information content (AvgIpc) is 3.36. The number of fused-ring (bicyclic) bond motifs is 1. The first-order chi connectivity index (χ1) is 17.2. The fourth-order valence-corrected chi connectivity index (χ4v) is 4.72. The number of carbonyl (C=O) groups excluding carboxylic acids is 2. The predicted octanol–water partition coefficient (Wildman–Crippen LogP) is 5.86. The number of furan rings is 1.